The van der Waals surface area contributed by atoms with Crippen molar-refractivity contribution in [3.8, 4) is 0 Å². The van der Waals surface area contributed by atoms with Gasteiger partial charge in [0.1, 0.15) is 0 Å². The molecule has 2 rings (SSSR count). The molecule has 4 heteroatoms. The third kappa shape index (κ3) is 2.23. The first kappa shape index (κ1) is 11.9. The number of piperazine rings is 1. The zero-order chi connectivity index (χ0) is 11.7. The summed E-state index contributed by atoms with van der Waals surface area (Å²) in [5, 5.41) is 3.34. The molecular weight excluding hydrogens is 204 g/mol. The summed E-state index contributed by atoms with van der Waals surface area (Å²) in [4.78, 5) is 14.4. The number of nitrogens with zero attached hydrogens (tertiary/aromatic N) is 1. The van der Waals surface area contributed by atoms with Gasteiger partial charge in [0.2, 0.25) is 5.91 Å². The predicted octanol–water partition coefficient (Wildman–Crippen LogP) is 0.620. The highest BCUT2D eigenvalue weighted by molar-refractivity contribution is 5.80. The molecule has 92 valence electrons. The second-order valence-corrected chi connectivity index (χ2v) is 5.18. The van der Waals surface area contributed by atoms with E-state index in [9.17, 15) is 4.79 Å². The van der Waals surface area contributed by atoms with Gasteiger partial charge in [0.05, 0.1) is 18.6 Å². The fourth-order valence-corrected chi connectivity index (χ4v) is 2.77. The second-order valence-electron chi connectivity index (χ2n) is 5.18. The summed E-state index contributed by atoms with van der Waals surface area (Å²) >= 11 is 0. The Hall–Kier alpha value is -0.610. The van der Waals surface area contributed by atoms with Crippen LogP contribution in [0.25, 0.3) is 0 Å². The van der Waals surface area contributed by atoms with Gasteiger partial charge >= 0.3 is 0 Å². The number of ether oxygens (including phenoxy) is 1. The van der Waals surface area contributed by atoms with Gasteiger partial charge in [-0.3, -0.25) is 4.79 Å². The number of rotatable bonds is 1. The van der Waals surface area contributed by atoms with Gasteiger partial charge in [-0.2, -0.15) is 0 Å². The van der Waals surface area contributed by atoms with E-state index in [1.54, 1.807) is 0 Å². The van der Waals surface area contributed by atoms with E-state index in [2.05, 4.69) is 19.2 Å². The van der Waals surface area contributed by atoms with Crippen LogP contribution >= 0.6 is 0 Å². The van der Waals surface area contributed by atoms with Crippen molar-refractivity contribution in [2.75, 3.05) is 19.7 Å². The van der Waals surface area contributed by atoms with Gasteiger partial charge in [0.25, 0.3) is 0 Å². The van der Waals surface area contributed by atoms with Crippen LogP contribution in [-0.4, -0.2) is 48.7 Å². The number of amides is 1. The third-order valence-electron chi connectivity index (χ3n) is 3.63. The van der Waals surface area contributed by atoms with Crippen molar-refractivity contribution >= 4 is 5.91 Å². The third-order valence-corrected chi connectivity index (χ3v) is 3.63. The number of nitrogens with one attached hydrogen (secondary N) is 1. The van der Waals surface area contributed by atoms with E-state index in [-0.39, 0.29) is 17.9 Å². The van der Waals surface area contributed by atoms with Crippen molar-refractivity contribution in [3.63, 3.8) is 0 Å². The monoisotopic (exact) mass is 226 g/mol. The van der Waals surface area contributed by atoms with Gasteiger partial charge in [-0.1, -0.05) is 0 Å². The minimum absolute atomic E-state index is 0.0815. The van der Waals surface area contributed by atoms with Gasteiger partial charge in [-0.15, -0.1) is 0 Å². The molecule has 2 heterocycles. The molecule has 0 spiro atoms. The summed E-state index contributed by atoms with van der Waals surface area (Å²) in [5.74, 6) is 0.365. The standard InChI is InChI=1S/C12H22N2O2/c1-8-5-13-6-9(2)14(8)12(15)11-4-10(3)16-7-11/h8-11,13H,4-7H2,1-3H3. The SMILES string of the molecule is CC1CC(C(=O)N2C(C)CNCC2C)CO1. The smallest absolute Gasteiger partial charge is 0.228 e. The summed E-state index contributed by atoms with van der Waals surface area (Å²) < 4.78 is 5.48. The Balaban J connectivity index is 2.02. The topological polar surface area (TPSA) is 41.6 Å². The van der Waals surface area contributed by atoms with E-state index in [0.717, 1.165) is 19.5 Å². The van der Waals surface area contributed by atoms with Crippen LogP contribution in [0.4, 0.5) is 0 Å². The van der Waals surface area contributed by atoms with Gasteiger partial charge in [0.15, 0.2) is 0 Å². The molecule has 0 radical (unpaired) electrons. The van der Waals surface area contributed by atoms with E-state index in [1.807, 2.05) is 11.8 Å². The van der Waals surface area contributed by atoms with Gasteiger partial charge in [-0.25, -0.2) is 0 Å². The molecule has 0 aromatic carbocycles. The minimum atomic E-state index is 0.0815. The van der Waals surface area contributed by atoms with Crippen LogP contribution < -0.4 is 5.32 Å². The maximum atomic E-state index is 12.4. The molecule has 0 bridgehead atoms. The fourth-order valence-electron chi connectivity index (χ4n) is 2.77. The molecule has 16 heavy (non-hydrogen) atoms. The maximum Gasteiger partial charge on any atom is 0.228 e. The lowest BCUT2D eigenvalue weighted by molar-refractivity contribution is -0.141. The Bertz CT molecular complexity index is 260. The Morgan fingerprint density at radius 2 is 1.88 bits per heavy atom. The van der Waals surface area contributed by atoms with Gasteiger partial charge < -0.3 is 15.0 Å². The molecule has 0 aliphatic carbocycles. The highest BCUT2D eigenvalue weighted by Gasteiger charge is 2.36. The molecular formula is C12H22N2O2. The first-order valence-electron chi connectivity index (χ1n) is 6.24. The zero-order valence-electron chi connectivity index (χ0n) is 10.4. The lowest BCUT2D eigenvalue weighted by Gasteiger charge is -2.40. The molecule has 2 fully saturated rings. The van der Waals surface area contributed by atoms with Crippen LogP contribution in [0.15, 0.2) is 0 Å². The Kier molecular flexibility index (Phi) is 3.50. The molecule has 0 saturated carbocycles. The van der Waals surface area contributed by atoms with Crippen LogP contribution in [0.3, 0.4) is 0 Å². The molecule has 0 aromatic rings. The first-order valence-corrected chi connectivity index (χ1v) is 6.24. The van der Waals surface area contributed by atoms with E-state index < -0.39 is 0 Å². The number of carbonyl (C=O) groups is 1. The van der Waals surface area contributed by atoms with Crippen LogP contribution in [0, 0.1) is 5.92 Å². The lowest BCUT2D eigenvalue weighted by atomic mass is 10.0. The lowest BCUT2D eigenvalue weighted by Crippen LogP contribution is -2.58. The number of carbonyl (C=O) groups excluding carboxylic acids is 1. The highest BCUT2D eigenvalue weighted by Crippen LogP contribution is 2.24. The molecule has 1 N–H and O–H groups in total. The number of hydrogen-bond donors (Lipinski definition) is 1. The zero-order valence-corrected chi connectivity index (χ0v) is 10.4. The van der Waals surface area contributed by atoms with E-state index >= 15 is 0 Å². The maximum absolute atomic E-state index is 12.4. The molecule has 4 unspecified atom stereocenters. The first-order chi connectivity index (χ1) is 7.59. The minimum Gasteiger partial charge on any atom is -0.378 e. The van der Waals surface area contributed by atoms with Crippen molar-refractivity contribution in [2.24, 2.45) is 5.92 Å². The van der Waals surface area contributed by atoms with Crippen LogP contribution in [0.2, 0.25) is 0 Å². The molecule has 2 aliphatic heterocycles. The molecule has 2 saturated heterocycles. The summed E-state index contributed by atoms with van der Waals surface area (Å²) in [6, 6.07) is 0.597. The normalized spacial score (nSPS) is 40.1. The average Bonchev–Trinajstić information content (AvgIpc) is 2.64. The second kappa shape index (κ2) is 4.72. The Morgan fingerprint density at radius 1 is 1.25 bits per heavy atom. The summed E-state index contributed by atoms with van der Waals surface area (Å²) in [7, 11) is 0. The van der Waals surface area contributed by atoms with Crippen molar-refractivity contribution < 1.29 is 9.53 Å². The quantitative estimate of drug-likeness (QED) is 0.712. The summed E-state index contributed by atoms with van der Waals surface area (Å²) in [6.45, 7) is 8.67. The number of hydrogen-bond acceptors (Lipinski definition) is 3. The van der Waals surface area contributed by atoms with Crippen molar-refractivity contribution in [3.05, 3.63) is 0 Å². The van der Waals surface area contributed by atoms with Crippen molar-refractivity contribution in [2.45, 2.75) is 45.4 Å². The van der Waals surface area contributed by atoms with Gasteiger partial charge in [0, 0.05) is 25.2 Å². The average molecular weight is 226 g/mol. The molecule has 4 atom stereocenters. The van der Waals surface area contributed by atoms with E-state index in [0.29, 0.717) is 18.7 Å². The molecule has 0 aromatic heterocycles. The molecule has 2 aliphatic rings. The summed E-state index contributed by atoms with van der Waals surface area (Å²) in [5.41, 5.74) is 0. The molecule has 4 nitrogen and oxygen atoms in total. The Labute approximate surface area is 97.3 Å². The van der Waals surface area contributed by atoms with Crippen LogP contribution in [0.5, 0.6) is 0 Å². The van der Waals surface area contributed by atoms with E-state index in [4.69, 9.17) is 4.74 Å². The Morgan fingerprint density at radius 3 is 2.38 bits per heavy atom. The fraction of sp³-hybridized carbons (Fsp3) is 0.917. The largest absolute Gasteiger partial charge is 0.378 e. The predicted molar refractivity (Wildman–Crippen MR) is 62.2 cm³/mol. The van der Waals surface area contributed by atoms with Crippen molar-refractivity contribution in [1.29, 1.82) is 0 Å². The molecule has 1 amide bonds. The van der Waals surface area contributed by atoms with Crippen LogP contribution in [0.1, 0.15) is 27.2 Å². The van der Waals surface area contributed by atoms with Crippen molar-refractivity contribution in [1.82, 2.24) is 10.2 Å². The van der Waals surface area contributed by atoms with Gasteiger partial charge in [-0.05, 0) is 27.2 Å². The van der Waals surface area contributed by atoms with Crippen LogP contribution in [-0.2, 0) is 9.53 Å². The summed E-state index contributed by atoms with van der Waals surface area (Å²) in [6.07, 6.45) is 1.12. The highest BCUT2D eigenvalue weighted by atomic mass is 16.5. The van der Waals surface area contributed by atoms with E-state index in [1.165, 1.54) is 0 Å².